The minimum atomic E-state index is -1.31. The Balaban J connectivity index is 1.48. The SMILES string of the molecule is COc1c(N2CCC(=C(Cl)CN3CCCCC3)CC2)c(F)cc2c(=O)c(C(=O)O)cn(C3CC3)c12. The Morgan fingerprint density at radius 2 is 1.86 bits per heavy atom. The number of methoxy groups -OCH3 is 1. The van der Waals surface area contributed by atoms with Crippen molar-refractivity contribution in [3.8, 4) is 5.75 Å². The Labute approximate surface area is 208 Å². The van der Waals surface area contributed by atoms with Crippen molar-refractivity contribution in [1.82, 2.24) is 9.47 Å². The van der Waals surface area contributed by atoms with E-state index in [0.29, 0.717) is 24.3 Å². The normalized spacial score (nSPS) is 19.3. The summed E-state index contributed by atoms with van der Waals surface area (Å²) in [6, 6.07) is 1.25. The number of halogens is 2. The van der Waals surface area contributed by atoms with Crippen LogP contribution in [0.1, 0.15) is 61.3 Å². The molecule has 2 aromatic rings. The van der Waals surface area contributed by atoms with Crippen LogP contribution in [0.5, 0.6) is 5.75 Å². The second-order valence-electron chi connectivity index (χ2n) is 9.78. The molecule has 7 nitrogen and oxygen atoms in total. The lowest BCUT2D eigenvalue weighted by Crippen LogP contribution is -2.34. The monoisotopic (exact) mass is 503 g/mol. The van der Waals surface area contributed by atoms with E-state index in [1.807, 2.05) is 4.90 Å². The van der Waals surface area contributed by atoms with Crippen LogP contribution in [0, 0.1) is 5.82 Å². The summed E-state index contributed by atoms with van der Waals surface area (Å²) in [5.74, 6) is -1.61. The van der Waals surface area contributed by atoms with Crippen LogP contribution in [0.15, 0.2) is 27.7 Å². The van der Waals surface area contributed by atoms with Crippen LogP contribution in [-0.2, 0) is 0 Å². The molecule has 1 saturated carbocycles. The summed E-state index contributed by atoms with van der Waals surface area (Å²) in [5.41, 5.74) is 0.958. The fourth-order valence-electron chi connectivity index (χ4n) is 5.42. The number of aromatic carboxylic acids is 1. The minimum absolute atomic E-state index is 0.0390. The first-order valence-corrected chi connectivity index (χ1v) is 12.8. The molecule has 1 N–H and O–H groups in total. The molecule has 0 atom stereocenters. The standard InChI is InChI=1S/C26H31ClFN3O4/c1-35-25-22-18(24(32)19(26(33)34)14-31(22)17-5-6-17)13-21(28)23(25)30-11-7-16(8-12-30)20(27)15-29-9-3-2-4-10-29/h13-14,17H,2-12,15H2,1H3,(H,33,34). The van der Waals surface area contributed by atoms with E-state index in [0.717, 1.165) is 50.3 Å². The maximum atomic E-state index is 15.5. The minimum Gasteiger partial charge on any atom is -0.492 e. The molecular formula is C26H31ClFN3O4. The van der Waals surface area contributed by atoms with Crippen molar-refractivity contribution < 1.29 is 19.0 Å². The molecule has 1 aliphatic carbocycles. The summed E-state index contributed by atoms with van der Waals surface area (Å²) >= 11 is 6.71. The third kappa shape index (κ3) is 4.66. The predicted molar refractivity (Wildman–Crippen MR) is 135 cm³/mol. The summed E-state index contributed by atoms with van der Waals surface area (Å²) in [5, 5.41) is 10.5. The van der Waals surface area contributed by atoms with Gasteiger partial charge in [0.15, 0.2) is 11.6 Å². The number of benzene rings is 1. The van der Waals surface area contributed by atoms with Crippen molar-refractivity contribution >= 4 is 34.2 Å². The van der Waals surface area contributed by atoms with Crippen LogP contribution in [0.25, 0.3) is 10.9 Å². The maximum Gasteiger partial charge on any atom is 0.341 e. The molecule has 0 bridgehead atoms. The fourth-order valence-corrected chi connectivity index (χ4v) is 5.78. The number of nitrogens with zero attached hydrogens (tertiary/aromatic N) is 3. The number of anilines is 1. The number of aromatic nitrogens is 1. The average Bonchev–Trinajstić information content (AvgIpc) is 3.70. The Hall–Kier alpha value is -2.58. The summed E-state index contributed by atoms with van der Waals surface area (Å²) in [6.45, 7) is 4.13. The summed E-state index contributed by atoms with van der Waals surface area (Å²) in [7, 11) is 1.47. The zero-order valence-electron chi connectivity index (χ0n) is 20.0. The fraction of sp³-hybridized carbons (Fsp3) is 0.538. The summed E-state index contributed by atoms with van der Waals surface area (Å²) in [6.07, 6.45) is 8.32. The molecule has 1 aromatic carbocycles. The smallest absolute Gasteiger partial charge is 0.341 e. The highest BCUT2D eigenvalue weighted by Crippen LogP contribution is 2.44. The molecule has 3 aliphatic rings. The number of rotatable bonds is 6. The molecule has 0 radical (unpaired) electrons. The van der Waals surface area contributed by atoms with Crippen molar-refractivity contribution in [3.63, 3.8) is 0 Å². The van der Waals surface area contributed by atoms with Gasteiger partial charge in [-0.25, -0.2) is 9.18 Å². The van der Waals surface area contributed by atoms with E-state index in [1.165, 1.54) is 44.2 Å². The van der Waals surface area contributed by atoms with E-state index in [2.05, 4.69) is 4.90 Å². The van der Waals surface area contributed by atoms with Gasteiger partial charge in [-0.3, -0.25) is 9.69 Å². The van der Waals surface area contributed by atoms with Gasteiger partial charge in [-0.15, -0.1) is 0 Å². The molecule has 9 heteroatoms. The molecule has 0 unspecified atom stereocenters. The van der Waals surface area contributed by atoms with Gasteiger partial charge < -0.3 is 19.3 Å². The number of carboxylic acid groups (broad SMARTS) is 1. The van der Waals surface area contributed by atoms with Gasteiger partial charge in [0.1, 0.15) is 11.3 Å². The van der Waals surface area contributed by atoms with Gasteiger partial charge >= 0.3 is 5.97 Å². The van der Waals surface area contributed by atoms with Crippen molar-refractivity contribution in [1.29, 1.82) is 0 Å². The van der Waals surface area contributed by atoms with Crippen molar-refractivity contribution in [2.45, 2.75) is 51.0 Å². The lowest BCUT2D eigenvalue weighted by Gasteiger charge is -2.33. The zero-order valence-corrected chi connectivity index (χ0v) is 20.7. The van der Waals surface area contributed by atoms with Gasteiger partial charge in [-0.05, 0) is 57.7 Å². The molecule has 188 valence electrons. The molecule has 1 aromatic heterocycles. The second-order valence-corrected chi connectivity index (χ2v) is 10.2. The molecule has 0 amide bonds. The molecule has 5 rings (SSSR count). The first-order chi connectivity index (χ1) is 16.9. The number of ether oxygens (including phenoxy) is 1. The van der Waals surface area contributed by atoms with E-state index >= 15 is 4.39 Å². The van der Waals surface area contributed by atoms with Gasteiger partial charge in [-0.1, -0.05) is 23.6 Å². The number of carbonyl (C=O) groups is 1. The van der Waals surface area contributed by atoms with Gasteiger partial charge in [0.2, 0.25) is 5.43 Å². The first kappa shape index (κ1) is 24.1. The number of hydrogen-bond acceptors (Lipinski definition) is 5. The molecule has 2 aliphatic heterocycles. The highest BCUT2D eigenvalue weighted by atomic mass is 35.5. The number of pyridine rings is 1. The van der Waals surface area contributed by atoms with Crippen LogP contribution in [0.4, 0.5) is 10.1 Å². The number of fused-ring (bicyclic) bond motifs is 1. The summed E-state index contributed by atoms with van der Waals surface area (Å²) < 4.78 is 23.0. The van der Waals surface area contributed by atoms with Crippen molar-refractivity contribution in [2.75, 3.05) is 44.7 Å². The molecule has 0 spiro atoms. The maximum absolute atomic E-state index is 15.5. The topological polar surface area (TPSA) is 75.0 Å². The van der Waals surface area contributed by atoms with Crippen molar-refractivity contribution in [3.05, 3.63) is 44.5 Å². The number of piperidine rings is 2. The van der Waals surface area contributed by atoms with E-state index in [9.17, 15) is 14.7 Å². The van der Waals surface area contributed by atoms with Crippen LogP contribution >= 0.6 is 11.6 Å². The Bertz CT molecular complexity index is 1240. The predicted octanol–water partition coefficient (Wildman–Crippen LogP) is 4.76. The molecular weight excluding hydrogens is 473 g/mol. The average molecular weight is 504 g/mol. The van der Waals surface area contributed by atoms with Gasteiger partial charge in [0.05, 0.1) is 18.0 Å². The van der Waals surface area contributed by atoms with Gasteiger partial charge in [-0.2, -0.15) is 0 Å². The quantitative estimate of drug-likeness (QED) is 0.612. The Morgan fingerprint density at radius 3 is 2.46 bits per heavy atom. The van der Waals surface area contributed by atoms with E-state index in [4.69, 9.17) is 16.3 Å². The van der Waals surface area contributed by atoms with Gasteiger partial charge in [0, 0.05) is 36.9 Å². The van der Waals surface area contributed by atoms with Crippen LogP contribution < -0.4 is 15.1 Å². The Kier molecular flexibility index (Phi) is 6.77. The zero-order chi connectivity index (χ0) is 24.7. The highest BCUT2D eigenvalue weighted by Gasteiger charge is 2.32. The molecule has 3 fully saturated rings. The van der Waals surface area contributed by atoms with Gasteiger partial charge in [0.25, 0.3) is 0 Å². The van der Waals surface area contributed by atoms with Crippen LogP contribution in [-0.4, -0.2) is 60.4 Å². The number of likely N-dealkylation sites (tertiary alicyclic amines) is 1. The largest absolute Gasteiger partial charge is 0.492 e. The third-order valence-corrected chi connectivity index (χ3v) is 7.84. The molecule has 3 heterocycles. The lowest BCUT2D eigenvalue weighted by atomic mass is 10.0. The van der Waals surface area contributed by atoms with E-state index < -0.39 is 17.2 Å². The lowest BCUT2D eigenvalue weighted by molar-refractivity contribution is 0.0695. The van der Waals surface area contributed by atoms with Crippen LogP contribution in [0.2, 0.25) is 0 Å². The third-order valence-electron chi connectivity index (χ3n) is 7.45. The van der Waals surface area contributed by atoms with E-state index in [-0.39, 0.29) is 22.7 Å². The van der Waals surface area contributed by atoms with Crippen molar-refractivity contribution in [2.24, 2.45) is 0 Å². The first-order valence-electron chi connectivity index (χ1n) is 12.4. The second kappa shape index (κ2) is 9.82. The summed E-state index contributed by atoms with van der Waals surface area (Å²) in [4.78, 5) is 28.9. The molecule has 2 saturated heterocycles. The van der Waals surface area contributed by atoms with Crippen LogP contribution in [0.3, 0.4) is 0 Å². The highest BCUT2D eigenvalue weighted by molar-refractivity contribution is 6.30. The Morgan fingerprint density at radius 1 is 1.17 bits per heavy atom. The van der Waals surface area contributed by atoms with E-state index in [1.54, 1.807) is 4.57 Å². The number of carboxylic acids is 1. The number of hydrogen-bond donors (Lipinski definition) is 1. The molecule has 35 heavy (non-hydrogen) atoms.